The molecule has 2 aromatic rings. The van der Waals surface area contributed by atoms with Crippen LogP contribution in [0.15, 0.2) is 48.5 Å². The number of aryl methyl sites for hydroxylation is 2. The first kappa shape index (κ1) is 53.5. The predicted octanol–water partition coefficient (Wildman–Crippen LogP) is 3.95. The first-order valence-corrected chi connectivity index (χ1v) is 23.3. The molecule has 2 aliphatic heterocycles. The minimum Gasteiger partial charge on any atom is -0.347 e. The largest absolute Gasteiger partial charge is 0.347 e. The van der Waals surface area contributed by atoms with Gasteiger partial charge in [-0.3, -0.25) is 28.8 Å². The van der Waals surface area contributed by atoms with Crippen LogP contribution in [-0.2, 0) is 41.6 Å². The molecule has 0 bridgehead atoms. The van der Waals surface area contributed by atoms with E-state index < -0.39 is 42.2 Å². The molecule has 2 heterocycles. The second kappa shape index (κ2) is 26.3. The lowest BCUT2D eigenvalue weighted by molar-refractivity contribution is -0.141. The fraction of sp³-hybridized carbons (Fsp3) is 0.560. The maximum atomic E-state index is 14.3. The van der Waals surface area contributed by atoms with Crippen molar-refractivity contribution in [2.75, 3.05) is 27.2 Å². The number of rotatable bonds is 16. The van der Waals surface area contributed by atoms with Gasteiger partial charge in [0.25, 0.3) is 0 Å². The van der Waals surface area contributed by atoms with Gasteiger partial charge in [0.2, 0.25) is 35.4 Å². The molecule has 0 spiro atoms. The fourth-order valence-corrected chi connectivity index (χ4v) is 9.54. The summed E-state index contributed by atoms with van der Waals surface area (Å²) in [6, 6.07) is 11.5. The number of amides is 6. The van der Waals surface area contributed by atoms with Crippen LogP contribution in [0.1, 0.15) is 125 Å². The molecule has 2 aliphatic carbocycles. The number of hydrogen-bond acceptors (Lipinski definition) is 8. The number of nitrogens with one attached hydrogen (secondary N) is 6. The number of hydrogen-bond donors (Lipinski definition) is 6. The van der Waals surface area contributed by atoms with Gasteiger partial charge in [0.05, 0.1) is 24.2 Å². The molecule has 2 saturated heterocycles. The normalized spacial score (nSPS) is 21.2. The summed E-state index contributed by atoms with van der Waals surface area (Å²) in [7, 11) is 3.35. The molecule has 14 nitrogen and oxygen atoms in total. The molecule has 358 valence electrons. The lowest BCUT2D eigenvalue weighted by Crippen LogP contribution is -2.56. The van der Waals surface area contributed by atoms with Gasteiger partial charge < -0.3 is 41.7 Å². The number of carbonyl (C=O) groups is 6. The summed E-state index contributed by atoms with van der Waals surface area (Å²) >= 11 is 0. The molecule has 8 atom stereocenters. The van der Waals surface area contributed by atoms with Gasteiger partial charge in [-0.25, -0.2) is 0 Å². The molecule has 0 saturated carbocycles. The molecule has 0 unspecified atom stereocenters. The summed E-state index contributed by atoms with van der Waals surface area (Å²) in [4.78, 5) is 85.7. The highest BCUT2D eigenvalue weighted by atomic mass is 35.5. The third-order valence-electron chi connectivity index (χ3n) is 13.2. The highest BCUT2D eigenvalue weighted by molar-refractivity contribution is 5.95. The SMILES string of the molecule is CCC[C@H](NC)C(=O)N[C@@H](CC#CC#CC[C@H](NC(=O)[C@H](C)NC)C(=O)N1CCC[C@H]1C(=O)N[C@@H]1CCCc2ccccc21)C(=O)N1CCC[C@H]1C(=O)N[C@@H]1CCCc2ccccc21.Cl.Cl. The van der Waals surface area contributed by atoms with E-state index in [2.05, 4.69) is 79.8 Å². The lowest BCUT2D eigenvalue weighted by Gasteiger charge is -2.31. The zero-order valence-corrected chi connectivity index (χ0v) is 40.3. The van der Waals surface area contributed by atoms with E-state index in [4.69, 9.17) is 0 Å². The number of halogens is 2. The smallest absolute Gasteiger partial charge is 0.246 e. The van der Waals surface area contributed by atoms with Crippen molar-refractivity contribution in [1.82, 2.24) is 41.7 Å². The van der Waals surface area contributed by atoms with Gasteiger partial charge in [-0.1, -0.05) is 73.7 Å². The maximum absolute atomic E-state index is 14.3. The average molecular weight is 948 g/mol. The van der Waals surface area contributed by atoms with Crippen molar-refractivity contribution in [2.24, 2.45) is 0 Å². The van der Waals surface area contributed by atoms with E-state index in [9.17, 15) is 28.8 Å². The minimum absolute atomic E-state index is 0. The van der Waals surface area contributed by atoms with E-state index in [0.717, 1.165) is 56.1 Å². The zero-order chi connectivity index (χ0) is 45.6. The van der Waals surface area contributed by atoms with Gasteiger partial charge in [0.15, 0.2) is 0 Å². The number of likely N-dealkylation sites (N-methyl/N-ethyl adjacent to an activating group) is 2. The summed E-state index contributed by atoms with van der Waals surface area (Å²) in [5.74, 6) is 9.55. The standard InChI is InChI=1S/C50H66N8O6.2ClH/c1-5-18-40(52-4)46(60)56-42(50(64)58-32-17-30-44(58)48(62)54-39-28-15-22-35-20-11-13-24-37(35)39)26-9-7-6-8-25-41(55-45(59)33(2)51-3)49(63)57-31-16-29-43(57)47(61)53-38-27-14-21-34-19-10-12-23-36(34)38;;/h10-13,19-20,23-24,33,38-44,51-52H,5,14-18,21-22,25-32H2,1-4H3,(H,53,61)(H,54,62)(H,55,59)(H,56,60);2*1H/t33-,38+,39+,40-,41-,42-,43-,44-;;/m0../s1. The molecule has 16 heteroatoms. The number of carbonyl (C=O) groups excluding carboxylic acids is 6. The summed E-state index contributed by atoms with van der Waals surface area (Å²) in [6.07, 6.45) is 9.04. The van der Waals surface area contributed by atoms with Crippen LogP contribution in [0.25, 0.3) is 0 Å². The van der Waals surface area contributed by atoms with Crippen LogP contribution < -0.4 is 31.9 Å². The van der Waals surface area contributed by atoms with Crippen molar-refractivity contribution in [3.8, 4) is 23.7 Å². The molecule has 6 rings (SSSR count). The number of nitrogens with zero attached hydrogens (tertiary/aromatic N) is 2. The van der Waals surface area contributed by atoms with Gasteiger partial charge in [-0.15, -0.1) is 24.8 Å². The fourth-order valence-electron chi connectivity index (χ4n) is 9.54. The Morgan fingerprint density at radius 2 is 1.08 bits per heavy atom. The second-order valence-corrected chi connectivity index (χ2v) is 17.5. The molecule has 6 N–H and O–H groups in total. The van der Waals surface area contributed by atoms with Gasteiger partial charge in [-0.05, 0) is 126 Å². The third kappa shape index (κ3) is 13.5. The van der Waals surface area contributed by atoms with Gasteiger partial charge in [0.1, 0.15) is 24.2 Å². The van der Waals surface area contributed by atoms with E-state index in [1.165, 1.54) is 11.1 Å². The van der Waals surface area contributed by atoms with Crippen molar-refractivity contribution < 1.29 is 28.8 Å². The highest BCUT2D eigenvalue weighted by Crippen LogP contribution is 2.32. The monoisotopic (exact) mass is 946 g/mol. The molecule has 2 fully saturated rings. The summed E-state index contributed by atoms with van der Waals surface area (Å²) in [6.45, 7) is 4.42. The van der Waals surface area contributed by atoms with Crippen LogP contribution in [0.4, 0.5) is 0 Å². The van der Waals surface area contributed by atoms with Crippen LogP contribution in [-0.4, -0.2) is 109 Å². The van der Waals surface area contributed by atoms with Gasteiger partial charge in [0, 0.05) is 25.9 Å². The molecule has 2 aromatic carbocycles. The van der Waals surface area contributed by atoms with Crippen molar-refractivity contribution in [2.45, 2.75) is 152 Å². The van der Waals surface area contributed by atoms with Crippen molar-refractivity contribution >= 4 is 60.3 Å². The maximum Gasteiger partial charge on any atom is 0.246 e. The second-order valence-electron chi connectivity index (χ2n) is 17.5. The Hall–Kier alpha value is -5.12. The average Bonchev–Trinajstić information content (AvgIpc) is 4.02. The van der Waals surface area contributed by atoms with Crippen LogP contribution in [0.5, 0.6) is 0 Å². The Labute approximate surface area is 402 Å². The quantitative estimate of drug-likeness (QED) is 0.137. The van der Waals surface area contributed by atoms with E-state index in [-0.39, 0.29) is 79.3 Å². The third-order valence-corrected chi connectivity index (χ3v) is 13.2. The Morgan fingerprint density at radius 3 is 1.52 bits per heavy atom. The van der Waals surface area contributed by atoms with E-state index >= 15 is 0 Å². The summed E-state index contributed by atoms with van der Waals surface area (Å²) in [5, 5.41) is 18.1. The lowest BCUT2D eigenvalue weighted by atomic mass is 9.87. The Morgan fingerprint density at radius 1 is 0.621 bits per heavy atom. The van der Waals surface area contributed by atoms with Crippen molar-refractivity contribution in [3.63, 3.8) is 0 Å². The molecule has 0 aromatic heterocycles. The minimum atomic E-state index is -1.03. The topological polar surface area (TPSA) is 181 Å². The first-order valence-electron chi connectivity index (χ1n) is 23.3. The van der Waals surface area contributed by atoms with Crippen LogP contribution >= 0.6 is 24.8 Å². The molecular formula is C50H68Cl2N8O6. The zero-order valence-electron chi connectivity index (χ0n) is 38.7. The Balaban J connectivity index is 0.00000476. The Bertz CT molecular complexity index is 2150. The van der Waals surface area contributed by atoms with Crippen molar-refractivity contribution in [3.05, 3.63) is 70.8 Å². The van der Waals surface area contributed by atoms with E-state index in [1.807, 2.05) is 31.2 Å². The molecule has 0 radical (unpaired) electrons. The summed E-state index contributed by atoms with van der Waals surface area (Å²) in [5.41, 5.74) is 4.68. The molecule has 6 amide bonds. The number of benzene rings is 2. The molecular weight excluding hydrogens is 880 g/mol. The van der Waals surface area contributed by atoms with Crippen LogP contribution in [0.3, 0.4) is 0 Å². The predicted molar refractivity (Wildman–Crippen MR) is 259 cm³/mol. The van der Waals surface area contributed by atoms with Crippen LogP contribution in [0, 0.1) is 23.7 Å². The summed E-state index contributed by atoms with van der Waals surface area (Å²) < 4.78 is 0. The number of fused-ring (bicyclic) bond motifs is 2. The number of likely N-dealkylation sites (tertiary alicyclic amines) is 2. The van der Waals surface area contributed by atoms with Gasteiger partial charge >= 0.3 is 0 Å². The Kier molecular flexibility index (Phi) is 21.3. The first-order chi connectivity index (χ1) is 31.0. The molecule has 4 aliphatic rings. The van der Waals surface area contributed by atoms with E-state index in [1.54, 1.807) is 30.8 Å². The highest BCUT2D eigenvalue weighted by Gasteiger charge is 2.40. The van der Waals surface area contributed by atoms with Gasteiger partial charge in [-0.2, -0.15) is 0 Å². The van der Waals surface area contributed by atoms with E-state index in [0.29, 0.717) is 45.2 Å². The molecule has 66 heavy (non-hydrogen) atoms. The van der Waals surface area contributed by atoms with Crippen LogP contribution in [0.2, 0.25) is 0 Å². The van der Waals surface area contributed by atoms with Crippen molar-refractivity contribution in [1.29, 1.82) is 0 Å².